The molecule has 0 amide bonds. The number of ether oxygens (including phenoxy) is 1. The molecule has 0 aliphatic rings. The first kappa shape index (κ1) is 15.7. The van der Waals surface area contributed by atoms with Crippen molar-refractivity contribution in [2.75, 3.05) is 7.11 Å². The third kappa shape index (κ3) is 4.95. The second-order valence-corrected chi connectivity index (χ2v) is 5.61. The largest absolute Gasteiger partial charge is 0.380 e. The van der Waals surface area contributed by atoms with Crippen LogP contribution < -0.4 is 5.32 Å². The average molecular weight is 288 g/mol. The molecule has 0 saturated carbocycles. The molecule has 1 heterocycles. The molecule has 2 aromatic rings. The Morgan fingerprint density at radius 2 is 2.05 bits per heavy atom. The zero-order chi connectivity index (χ0) is 15.1. The first-order valence-electron chi connectivity index (χ1n) is 7.33. The molecule has 0 fully saturated rings. The van der Waals surface area contributed by atoms with Crippen LogP contribution in [0.1, 0.15) is 30.8 Å². The van der Waals surface area contributed by atoms with Gasteiger partial charge in [0.2, 0.25) is 0 Å². The molecular weight excluding hydrogens is 264 g/mol. The third-order valence-corrected chi connectivity index (χ3v) is 3.15. The highest BCUT2D eigenvalue weighted by molar-refractivity contribution is 5.22. The molecule has 0 spiro atoms. The first-order valence-corrected chi connectivity index (χ1v) is 7.33. The van der Waals surface area contributed by atoms with E-state index in [4.69, 9.17) is 4.74 Å². The molecule has 0 radical (unpaired) electrons. The molecule has 0 saturated heterocycles. The van der Waals surface area contributed by atoms with Crippen molar-refractivity contribution in [3.8, 4) is 0 Å². The number of hydrogen-bond acceptors (Lipinski definition) is 4. The van der Waals surface area contributed by atoms with Gasteiger partial charge >= 0.3 is 0 Å². The van der Waals surface area contributed by atoms with Gasteiger partial charge in [0.15, 0.2) is 0 Å². The van der Waals surface area contributed by atoms with Crippen molar-refractivity contribution in [3.63, 3.8) is 0 Å². The fraction of sp³-hybridized carbons (Fsp3) is 0.500. The molecule has 5 heteroatoms. The van der Waals surface area contributed by atoms with E-state index in [1.54, 1.807) is 13.4 Å². The molecule has 2 rings (SSSR count). The van der Waals surface area contributed by atoms with Crippen molar-refractivity contribution in [2.24, 2.45) is 5.92 Å². The maximum Gasteiger partial charge on any atom is 0.140 e. The SMILES string of the molecule is COCc1cccc(CNCc2ncnn2CC(C)C)c1. The van der Waals surface area contributed by atoms with E-state index in [2.05, 4.69) is 53.5 Å². The average Bonchev–Trinajstić information content (AvgIpc) is 2.86. The Balaban J connectivity index is 1.87. The lowest BCUT2D eigenvalue weighted by Gasteiger charge is -2.10. The monoisotopic (exact) mass is 288 g/mol. The summed E-state index contributed by atoms with van der Waals surface area (Å²) in [6.07, 6.45) is 1.62. The molecule has 114 valence electrons. The Bertz CT molecular complexity index is 551. The van der Waals surface area contributed by atoms with Gasteiger partial charge in [0, 0.05) is 20.2 Å². The van der Waals surface area contributed by atoms with Gasteiger partial charge in [-0.3, -0.25) is 0 Å². The van der Waals surface area contributed by atoms with Gasteiger partial charge in [-0.05, 0) is 17.0 Å². The molecule has 5 nitrogen and oxygen atoms in total. The van der Waals surface area contributed by atoms with Crippen LogP contribution in [0.25, 0.3) is 0 Å². The Kier molecular flexibility index (Phi) is 5.90. The molecule has 0 aliphatic heterocycles. The number of benzene rings is 1. The Hall–Kier alpha value is -1.72. The number of aromatic nitrogens is 3. The van der Waals surface area contributed by atoms with Crippen LogP contribution in [0.15, 0.2) is 30.6 Å². The summed E-state index contributed by atoms with van der Waals surface area (Å²) in [6.45, 7) is 7.45. The quantitative estimate of drug-likeness (QED) is 0.810. The van der Waals surface area contributed by atoms with Crippen molar-refractivity contribution < 1.29 is 4.74 Å². The van der Waals surface area contributed by atoms with E-state index < -0.39 is 0 Å². The molecule has 0 bridgehead atoms. The lowest BCUT2D eigenvalue weighted by atomic mass is 10.1. The summed E-state index contributed by atoms with van der Waals surface area (Å²) in [4.78, 5) is 4.32. The normalized spacial score (nSPS) is 11.2. The minimum absolute atomic E-state index is 0.566. The van der Waals surface area contributed by atoms with Crippen molar-refractivity contribution in [2.45, 2.75) is 40.1 Å². The van der Waals surface area contributed by atoms with Gasteiger partial charge < -0.3 is 10.1 Å². The molecular formula is C16H24N4O. The predicted molar refractivity (Wildman–Crippen MR) is 82.6 cm³/mol. The van der Waals surface area contributed by atoms with Crippen LogP contribution in [0.2, 0.25) is 0 Å². The van der Waals surface area contributed by atoms with Gasteiger partial charge in [-0.15, -0.1) is 0 Å². The lowest BCUT2D eigenvalue weighted by molar-refractivity contribution is 0.185. The second-order valence-electron chi connectivity index (χ2n) is 5.61. The minimum atomic E-state index is 0.566. The van der Waals surface area contributed by atoms with Gasteiger partial charge in [-0.1, -0.05) is 38.1 Å². The number of methoxy groups -OCH3 is 1. The summed E-state index contributed by atoms with van der Waals surface area (Å²) in [5, 5.41) is 7.69. The van der Waals surface area contributed by atoms with Crippen LogP contribution in [-0.2, 0) is 31.0 Å². The van der Waals surface area contributed by atoms with Crippen LogP contribution in [-0.4, -0.2) is 21.9 Å². The van der Waals surface area contributed by atoms with Crippen molar-refractivity contribution >= 4 is 0 Å². The number of hydrogen-bond donors (Lipinski definition) is 1. The standard InChI is InChI=1S/C16H24N4O/c1-13(2)10-20-16(18-12-19-20)9-17-8-14-5-4-6-15(7-14)11-21-3/h4-7,12-13,17H,8-11H2,1-3H3. The molecule has 1 aromatic heterocycles. The highest BCUT2D eigenvalue weighted by Crippen LogP contribution is 2.07. The molecule has 1 N–H and O–H groups in total. The van der Waals surface area contributed by atoms with Crippen molar-refractivity contribution in [1.29, 1.82) is 0 Å². The van der Waals surface area contributed by atoms with Crippen LogP contribution in [0.5, 0.6) is 0 Å². The van der Waals surface area contributed by atoms with E-state index in [1.165, 1.54) is 11.1 Å². The highest BCUT2D eigenvalue weighted by Gasteiger charge is 2.05. The lowest BCUT2D eigenvalue weighted by Crippen LogP contribution is -2.18. The summed E-state index contributed by atoms with van der Waals surface area (Å²) >= 11 is 0. The van der Waals surface area contributed by atoms with Gasteiger partial charge in [-0.2, -0.15) is 5.10 Å². The van der Waals surface area contributed by atoms with E-state index in [9.17, 15) is 0 Å². The predicted octanol–water partition coefficient (Wildman–Crippen LogP) is 2.37. The van der Waals surface area contributed by atoms with Gasteiger partial charge in [0.05, 0.1) is 13.2 Å². The first-order chi connectivity index (χ1) is 10.2. The Labute approximate surface area is 126 Å². The third-order valence-electron chi connectivity index (χ3n) is 3.15. The van der Waals surface area contributed by atoms with Crippen LogP contribution in [0, 0.1) is 5.92 Å². The summed E-state index contributed by atoms with van der Waals surface area (Å²) < 4.78 is 7.13. The summed E-state index contributed by atoms with van der Waals surface area (Å²) in [5.74, 6) is 1.55. The fourth-order valence-electron chi connectivity index (χ4n) is 2.24. The Morgan fingerprint density at radius 1 is 1.24 bits per heavy atom. The van der Waals surface area contributed by atoms with Crippen LogP contribution in [0.4, 0.5) is 0 Å². The van der Waals surface area contributed by atoms with E-state index >= 15 is 0 Å². The van der Waals surface area contributed by atoms with E-state index in [1.807, 2.05) is 4.68 Å². The minimum Gasteiger partial charge on any atom is -0.380 e. The zero-order valence-electron chi connectivity index (χ0n) is 13.0. The Morgan fingerprint density at radius 3 is 2.81 bits per heavy atom. The topological polar surface area (TPSA) is 52.0 Å². The van der Waals surface area contributed by atoms with Gasteiger partial charge in [0.25, 0.3) is 0 Å². The number of rotatable bonds is 8. The van der Waals surface area contributed by atoms with Gasteiger partial charge in [0.1, 0.15) is 12.2 Å². The van der Waals surface area contributed by atoms with Gasteiger partial charge in [-0.25, -0.2) is 9.67 Å². The smallest absolute Gasteiger partial charge is 0.140 e. The van der Waals surface area contributed by atoms with Crippen molar-refractivity contribution in [1.82, 2.24) is 20.1 Å². The van der Waals surface area contributed by atoms with Crippen LogP contribution in [0.3, 0.4) is 0 Å². The fourth-order valence-corrected chi connectivity index (χ4v) is 2.24. The number of nitrogens with one attached hydrogen (secondary N) is 1. The molecule has 0 aliphatic carbocycles. The molecule has 0 atom stereocenters. The maximum absolute atomic E-state index is 5.16. The maximum atomic E-state index is 5.16. The summed E-state index contributed by atoms with van der Waals surface area (Å²) in [6, 6.07) is 8.42. The zero-order valence-corrected chi connectivity index (χ0v) is 13.0. The number of nitrogens with zero attached hydrogens (tertiary/aromatic N) is 3. The molecule has 1 aromatic carbocycles. The van der Waals surface area contributed by atoms with Crippen molar-refractivity contribution in [3.05, 3.63) is 47.5 Å². The van der Waals surface area contributed by atoms with E-state index in [-0.39, 0.29) is 0 Å². The second kappa shape index (κ2) is 7.90. The summed E-state index contributed by atoms with van der Waals surface area (Å²) in [5.41, 5.74) is 2.44. The van der Waals surface area contributed by atoms with E-state index in [0.717, 1.165) is 25.5 Å². The molecule has 21 heavy (non-hydrogen) atoms. The van der Waals surface area contributed by atoms with Crippen LogP contribution >= 0.6 is 0 Å². The molecule has 0 unspecified atom stereocenters. The summed E-state index contributed by atoms with van der Waals surface area (Å²) in [7, 11) is 1.71. The highest BCUT2D eigenvalue weighted by atomic mass is 16.5. The van der Waals surface area contributed by atoms with E-state index in [0.29, 0.717) is 12.5 Å².